The molecule has 0 aromatic rings. The number of sulfone groups is 1. The maximum atomic E-state index is 12.3. The summed E-state index contributed by atoms with van der Waals surface area (Å²) in [5, 5.41) is -0.471. The van der Waals surface area contributed by atoms with E-state index in [1.54, 1.807) is 0 Å². The predicted octanol–water partition coefficient (Wildman–Crippen LogP) is 2.15. The second-order valence-corrected chi connectivity index (χ2v) is 9.97. The third kappa shape index (κ3) is 3.84. The normalized spacial score (nSPS) is 18.8. The first-order valence-corrected chi connectivity index (χ1v) is 9.30. The second-order valence-electron chi connectivity index (χ2n) is 5.47. The van der Waals surface area contributed by atoms with E-state index in [2.05, 4.69) is 9.43 Å². The summed E-state index contributed by atoms with van der Waals surface area (Å²) >= 11 is 0. The standard InChI is InChI=1S/C10H19N3O4S2/c1-10(2,19(16,17)13-12-11)8-18(14,15)9-6-4-3-5-7-9/h9H,3-8H2,1-2H3. The van der Waals surface area contributed by atoms with Gasteiger partial charge in [0.15, 0.2) is 9.84 Å². The quantitative estimate of drug-likeness (QED) is 0.439. The Labute approximate surface area is 114 Å². The summed E-state index contributed by atoms with van der Waals surface area (Å²) in [5.41, 5.74) is 8.24. The lowest BCUT2D eigenvalue weighted by atomic mass is 10.0. The molecule has 110 valence electrons. The third-order valence-electron chi connectivity index (χ3n) is 3.45. The topological polar surface area (TPSA) is 117 Å². The Bertz CT molecular complexity index is 568. The Kier molecular flexibility index (Phi) is 4.86. The van der Waals surface area contributed by atoms with Gasteiger partial charge in [0.1, 0.15) is 0 Å². The molecule has 0 saturated heterocycles. The Hall–Kier alpha value is -0.790. The maximum absolute atomic E-state index is 12.3. The Morgan fingerprint density at radius 2 is 1.68 bits per heavy atom. The zero-order valence-electron chi connectivity index (χ0n) is 11.1. The third-order valence-corrected chi connectivity index (χ3v) is 8.07. The molecule has 0 amide bonds. The van der Waals surface area contributed by atoms with Crippen molar-refractivity contribution in [1.29, 1.82) is 0 Å². The largest absolute Gasteiger partial charge is 0.241 e. The van der Waals surface area contributed by atoms with E-state index in [4.69, 9.17) is 5.53 Å². The minimum absolute atomic E-state index is 0.471. The second kappa shape index (κ2) is 5.68. The lowest BCUT2D eigenvalue weighted by Crippen LogP contribution is -2.41. The molecule has 0 aromatic carbocycles. The highest BCUT2D eigenvalue weighted by molar-refractivity contribution is 7.95. The Morgan fingerprint density at radius 3 is 2.16 bits per heavy atom. The molecular weight excluding hydrogens is 290 g/mol. The highest BCUT2D eigenvalue weighted by atomic mass is 32.2. The van der Waals surface area contributed by atoms with Crippen LogP contribution in [0.4, 0.5) is 0 Å². The molecule has 9 heteroatoms. The van der Waals surface area contributed by atoms with Gasteiger partial charge in [-0.25, -0.2) is 16.8 Å². The van der Waals surface area contributed by atoms with Gasteiger partial charge < -0.3 is 0 Å². The van der Waals surface area contributed by atoms with Crippen molar-refractivity contribution in [2.75, 3.05) is 5.75 Å². The Balaban J connectivity index is 2.96. The van der Waals surface area contributed by atoms with Gasteiger partial charge in [0.2, 0.25) is 10.0 Å². The molecular formula is C10H19N3O4S2. The zero-order chi connectivity index (χ0) is 14.7. The SMILES string of the molecule is CC(C)(CS(=O)(=O)C1CCCCC1)S(=O)(=O)N=[N+]=[N-]. The van der Waals surface area contributed by atoms with E-state index >= 15 is 0 Å². The fourth-order valence-electron chi connectivity index (χ4n) is 2.26. The number of hydrogen-bond donors (Lipinski definition) is 0. The molecule has 0 radical (unpaired) electrons. The van der Waals surface area contributed by atoms with Crippen LogP contribution >= 0.6 is 0 Å². The summed E-state index contributed by atoms with van der Waals surface area (Å²) in [4.78, 5) is 2.26. The monoisotopic (exact) mass is 309 g/mol. The van der Waals surface area contributed by atoms with Crippen LogP contribution in [-0.2, 0) is 19.9 Å². The zero-order valence-corrected chi connectivity index (χ0v) is 12.7. The van der Waals surface area contributed by atoms with E-state index < -0.39 is 35.6 Å². The van der Waals surface area contributed by atoms with Gasteiger partial charge in [-0.1, -0.05) is 19.3 Å². The molecule has 0 aliphatic heterocycles. The summed E-state index contributed by atoms with van der Waals surface area (Å²) in [5.74, 6) is -0.508. The van der Waals surface area contributed by atoms with E-state index in [1.807, 2.05) is 0 Å². The van der Waals surface area contributed by atoms with Crippen LogP contribution in [0.15, 0.2) is 4.52 Å². The first-order valence-electron chi connectivity index (χ1n) is 6.15. The van der Waals surface area contributed by atoms with E-state index in [9.17, 15) is 16.8 Å². The summed E-state index contributed by atoms with van der Waals surface area (Å²) < 4.78 is 49.1. The van der Waals surface area contributed by atoms with Crippen molar-refractivity contribution in [2.45, 2.75) is 55.9 Å². The summed E-state index contributed by atoms with van der Waals surface area (Å²) in [6, 6.07) is 0. The van der Waals surface area contributed by atoms with Gasteiger partial charge >= 0.3 is 0 Å². The minimum Gasteiger partial charge on any atom is -0.228 e. The molecule has 0 unspecified atom stereocenters. The van der Waals surface area contributed by atoms with Gasteiger partial charge in [0, 0.05) is 9.43 Å². The van der Waals surface area contributed by atoms with Crippen molar-refractivity contribution in [2.24, 2.45) is 4.52 Å². The molecule has 1 aliphatic carbocycles. The molecule has 1 fully saturated rings. The van der Waals surface area contributed by atoms with Crippen molar-refractivity contribution in [3.63, 3.8) is 0 Å². The van der Waals surface area contributed by atoms with Crippen molar-refractivity contribution in [1.82, 2.24) is 0 Å². The fraction of sp³-hybridized carbons (Fsp3) is 1.00. The summed E-state index contributed by atoms with van der Waals surface area (Å²) in [6.07, 6.45) is 3.90. The molecule has 19 heavy (non-hydrogen) atoms. The summed E-state index contributed by atoms with van der Waals surface area (Å²) in [6.45, 7) is 2.55. The van der Waals surface area contributed by atoms with Gasteiger partial charge in [0.25, 0.3) is 0 Å². The molecule has 0 heterocycles. The number of rotatable bonds is 5. The molecule has 0 N–H and O–H groups in total. The van der Waals surface area contributed by atoms with Crippen molar-refractivity contribution >= 4 is 19.9 Å². The van der Waals surface area contributed by atoms with Crippen LogP contribution in [0, 0.1) is 0 Å². The van der Waals surface area contributed by atoms with Gasteiger partial charge in [-0.3, -0.25) is 0 Å². The predicted molar refractivity (Wildman–Crippen MR) is 72.8 cm³/mol. The van der Waals surface area contributed by atoms with Crippen LogP contribution < -0.4 is 0 Å². The highest BCUT2D eigenvalue weighted by Gasteiger charge is 2.41. The number of sulfonamides is 1. The van der Waals surface area contributed by atoms with Crippen LogP contribution in [-0.4, -0.2) is 32.6 Å². The smallest absolute Gasteiger partial charge is 0.228 e. The van der Waals surface area contributed by atoms with Crippen LogP contribution in [0.5, 0.6) is 0 Å². The van der Waals surface area contributed by atoms with Gasteiger partial charge in [-0.15, -0.1) is 0 Å². The average Bonchev–Trinajstić information content (AvgIpc) is 2.28. The molecule has 0 aromatic heterocycles. The van der Waals surface area contributed by atoms with Crippen LogP contribution in [0.3, 0.4) is 0 Å². The molecule has 0 atom stereocenters. The van der Waals surface area contributed by atoms with Crippen LogP contribution in [0.25, 0.3) is 10.4 Å². The van der Waals surface area contributed by atoms with Gasteiger partial charge in [0.05, 0.1) is 15.7 Å². The lowest BCUT2D eigenvalue weighted by molar-refractivity contribution is 0.479. The van der Waals surface area contributed by atoms with Crippen molar-refractivity contribution in [3.8, 4) is 0 Å². The maximum Gasteiger partial charge on any atom is 0.241 e. The molecule has 7 nitrogen and oxygen atoms in total. The minimum atomic E-state index is -4.15. The number of azide groups is 1. The molecule has 1 saturated carbocycles. The highest BCUT2D eigenvalue weighted by Crippen LogP contribution is 2.29. The van der Waals surface area contributed by atoms with Crippen LogP contribution in [0.1, 0.15) is 46.0 Å². The van der Waals surface area contributed by atoms with E-state index in [0.29, 0.717) is 12.8 Å². The van der Waals surface area contributed by atoms with E-state index in [0.717, 1.165) is 19.3 Å². The van der Waals surface area contributed by atoms with E-state index in [-0.39, 0.29) is 0 Å². The first kappa shape index (κ1) is 16.3. The molecule has 0 spiro atoms. The van der Waals surface area contributed by atoms with Gasteiger partial charge in [-0.05, 0) is 32.2 Å². The van der Waals surface area contributed by atoms with Crippen molar-refractivity contribution < 1.29 is 16.8 Å². The van der Waals surface area contributed by atoms with E-state index in [1.165, 1.54) is 13.8 Å². The molecule has 1 aliphatic rings. The first-order chi connectivity index (χ1) is 8.62. The lowest BCUT2D eigenvalue weighted by Gasteiger charge is -2.27. The number of hydrogen-bond acceptors (Lipinski definition) is 4. The number of nitrogens with zero attached hydrogens (tertiary/aromatic N) is 3. The molecule has 1 rings (SSSR count). The van der Waals surface area contributed by atoms with Crippen LogP contribution in [0.2, 0.25) is 0 Å². The van der Waals surface area contributed by atoms with Crippen molar-refractivity contribution in [3.05, 3.63) is 10.4 Å². The summed E-state index contributed by atoms with van der Waals surface area (Å²) in [7, 11) is -7.66. The average molecular weight is 309 g/mol. The Morgan fingerprint density at radius 1 is 1.16 bits per heavy atom. The fourth-order valence-corrected chi connectivity index (χ4v) is 5.92. The van der Waals surface area contributed by atoms with Gasteiger partial charge in [-0.2, -0.15) is 0 Å². The molecule has 0 bridgehead atoms.